The summed E-state index contributed by atoms with van der Waals surface area (Å²) in [6, 6.07) is -4.88. The van der Waals surface area contributed by atoms with Crippen molar-refractivity contribution in [3.63, 3.8) is 0 Å². The van der Waals surface area contributed by atoms with Gasteiger partial charge in [0.2, 0.25) is 17.7 Å². The van der Waals surface area contributed by atoms with E-state index in [4.69, 9.17) is 22.3 Å². The van der Waals surface area contributed by atoms with Gasteiger partial charge in [-0.2, -0.15) is 0 Å². The van der Waals surface area contributed by atoms with Crippen LogP contribution in [0.4, 0.5) is 0 Å². The van der Waals surface area contributed by atoms with E-state index in [1.807, 2.05) is 13.8 Å². The molecule has 3 amide bonds. The summed E-state index contributed by atoms with van der Waals surface area (Å²) in [6.45, 7) is 5.23. The Balaban J connectivity index is 5.11. The highest BCUT2D eigenvalue weighted by atomic mass is 16.4. The molecule has 14 heteroatoms. The maximum atomic E-state index is 12.5. The standard InChI is InChI=1S/C19H35N7O7/c1-9(2)7-11(20)16(30)24-10(3)15(29)26-13(8-14(27)28)17(31)25-12(18(32)33)5-4-6-23-19(21)22/h9-13H,4-8,20H2,1-3H3,(H,24,30)(H,25,31)(H,26,29)(H,27,28)(H,32,33)(H4,21,22,23). The molecule has 0 aliphatic carbocycles. The molecule has 33 heavy (non-hydrogen) atoms. The van der Waals surface area contributed by atoms with Crippen LogP contribution in [0.2, 0.25) is 0 Å². The predicted molar refractivity (Wildman–Crippen MR) is 119 cm³/mol. The Hall–Kier alpha value is -3.42. The van der Waals surface area contributed by atoms with E-state index in [0.717, 1.165) is 0 Å². The fourth-order valence-electron chi connectivity index (χ4n) is 2.71. The van der Waals surface area contributed by atoms with Crippen LogP contribution in [0.3, 0.4) is 0 Å². The number of carboxylic acids is 2. The predicted octanol–water partition coefficient (Wildman–Crippen LogP) is -2.55. The van der Waals surface area contributed by atoms with Gasteiger partial charge in [-0.3, -0.25) is 24.2 Å². The number of amides is 3. The first kappa shape index (κ1) is 29.6. The highest BCUT2D eigenvalue weighted by molar-refractivity contribution is 5.95. The second-order valence-electron chi connectivity index (χ2n) is 7.97. The molecule has 0 saturated carbocycles. The highest BCUT2D eigenvalue weighted by Gasteiger charge is 2.30. The van der Waals surface area contributed by atoms with Gasteiger partial charge < -0.3 is 43.4 Å². The maximum Gasteiger partial charge on any atom is 0.326 e. The minimum atomic E-state index is -1.57. The smallest absolute Gasteiger partial charge is 0.326 e. The van der Waals surface area contributed by atoms with Crippen LogP contribution in [0.5, 0.6) is 0 Å². The van der Waals surface area contributed by atoms with Gasteiger partial charge in [0.05, 0.1) is 12.5 Å². The SMILES string of the molecule is CC(C)CC(N)C(=O)NC(C)C(=O)NC(CC(=O)O)C(=O)NC(CCCN=C(N)N)C(=O)O. The molecule has 0 aromatic rings. The number of carboxylic acid groups (broad SMARTS) is 2. The summed E-state index contributed by atoms with van der Waals surface area (Å²) in [4.78, 5) is 63.3. The normalized spacial score (nSPS) is 14.3. The second kappa shape index (κ2) is 14.6. The highest BCUT2D eigenvalue weighted by Crippen LogP contribution is 2.04. The van der Waals surface area contributed by atoms with Gasteiger partial charge >= 0.3 is 11.9 Å². The van der Waals surface area contributed by atoms with E-state index in [-0.39, 0.29) is 31.3 Å². The van der Waals surface area contributed by atoms with Gasteiger partial charge in [-0.15, -0.1) is 0 Å². The first-order chi connectivity index (χ1) is 15.2. The summed E-state index contributed by atoms with van der Waals surface area (Å²) >= 11 is 0. The van der Waals surface area contributed by atoms with Gasteiger partial charge in [0.25, 0.3) is 0 Å². The van der Waals surface area contributed by atoms with Crippen LogP contribution >= 0.6 is 0 Å². The minimum absolute atomic E-state index is 0.0359. The van der Waals surface area contributed by atoms with Gasteiger partial charge in [0, 0.05) is 6.54 Å². The minimum Gasteiger partial charge on any atom is -0.481 e. The maximum absolute atomic E-state index is 12.5. The summed E-state index contributed by atoms with van der Waals surface area (Å²) in [5.41, 5.74) is 16.1. The van der Waals surface area contributed by atoms with Crippen molar-refractivity contribution in [1.29, 1.82) is 0 Å². The summed E-state index contributed by atoms with van der Waals surface area (Å²) in [7, 11) is 0. The molecule has 0 heterocycles. The summed E-state index contributed by atoms with van der Waals surface area (Å²) in [6.07, 6.45) is -0.216. The largest absolute Gasteiger partial charge is 0.481 e. The number of hydrogen-bond acceptors (Lipinski definition) is 7. The number of nitrogens with one attached hydrogen (secondary N) is 3. The van der Waals surface area contributed by atoms with Crippen LogP contribution < -0.4 is 33.2 Å². The van der Waals surface area contributed by atoms with Crippen LogP contribution in [0.1, 0.15) is 46.5 Å². The van der Waals surface area contributed by atoms with Crippen molar-refractivity contribution in [2.75, 3.05) is 6.54 Å². The van der Waals surface area contributed by atoms with Crippen LogP contribution in [0, 0.1) is 5.92 Å². The van der Waals surface area contributed by atoms with Gasteiger partial charge in [-0.25, -0.2) is 4.79 Å². The lowest BCUT2D eigenvalue weighted by Crippen LogP contribution is -2.56. The van der Waals surface area contributed by atoms with Gasteiger partial charge in [-0.1, -0.05) is 13.8 Å². The van der Waals surface area contributed by atoms with E-state index in [2.05, 4.69) is 20.9 Å². The Kier molecular flexibility index (Phi) is 13.1. The first-order valence-corrected chi connectivity index (χ1v) is 10.4. The summed E-state index contributed by atoms with van der Waals surface area (Å²) < 4.78 is 0. The molecule has 14 nitrogen and oxygen atoms in total. The van der Waals surface area contributed by atoms with Gasteiger partial charge in [0.1, 0.15) is 18.1 Å². The third-order valence-corrected chi connectivity index (χ3v) is 4.39. The summed E-state index contributed by atoms with van der Waals surface area (Å²) in [5.74, 6) is -5.17. The average molecular weight is 474 g/mol. The second-order valence-corrected chi connectivity index (χ2v) is 7.97. The van der Waals surface area contributed by atoms with Crippen LogP contribution in [-0.2, 0) is 24.0 Å². The van der Waals surface area contributed by atoms with Crippen LogP contribution in [0.15, 0.2) is 4.99 Å². The Bertz CT molecular complexity index is 738. The zero-order valence-electron chi connectivity index (χ0n) is 19.0. The lowest BCUT2D eigenvalue weighted by atomic mass is 10.0. The third-order valence-electron chi connectivity index (χ3n) is 4.39. The van der Waals surface area contributed by atoms with Gasteiger partial charge in [-0.05, 0) is 32.1 Å². The van der Waals surface area contributed by atoms with Crippen molar-refractivity contribution in [1.82, 2.24) is 16.0 Å². The molecule has 11 N–H and O–H groups in total. The number of carbonyl (C=O) groups excluding carboxylic acids is 3. The number of hydrogen-bond donors (Lipinski definition) is 8. The van der Waals surface area contributed by atoms with Crippen molar-refractivity contribution in [2.24, 2.45) is 28.1 Å². The monoisotopic (exact) mass is 473 g/mol. The van der Waals surface area contributed by atoms with Crippen molar-refractivity contribution in [3.05, 3.63) is 0 Å². The molecular formula is C19H35N7O7. The molecule has 4 unspecified atom stereocenters. The van der Waals surface area contributed by atoms with Crippen molar-refractivity contribution in [2.45, 2.75) is 70.6 Å². The lowest BCUT2D eigenvalue weighted by molar-refractivity contribution is -0.143. The van der Waals surface area contributed by atoms with Crippen molar-refractivity contribution in [3.8, 4) is 0 Å². The number of aliphatic imine (C=N–C) groups is 1. The number of nitrogens with zero attached hydrogens (tertiary/aromatic N) is 1. The molecule has 0 aromatic heterocycles. The number of carbonyl (C=O) groups is 5. The van der Waals surface area contributed by atoms with E-state index in [9.17, 15) is 29.1 Å². The van der Waals surface area contributed by atoms with Crippen molar-refractivity contribution >= 4 is 35.6 Å². The molecule has 4 atom stereocenters. The van der Waals surface area contributed by atoms with E-state index in [1.165, 1.54) is 6.92 Å². The molecule has 0 fully saturated rings. The fourth-order valence-corrected chi connectivity index (χ4v) is 2.71. The third kappa shape index (κ3) is 12.9. The molecule has 0 radical (unpaired) electrons. The Morgan fingerprint density at radius 2 is 1.45 bits per heavy atom. The van der Waals surface area contributed by atoms with E-state index in [0.29, 0.717) is 6.42 Å². The van der Waals surface area contributed by atoms with E-state index in [1.54, 1.807) is 0 Å². The Labute approximate surface area is 191 Å². The fraction of sp³-hybridized carbons (Fsp3) is 0.684. The van der Waals surface area contributed by atoms with E-state index < -0.39 is 60.2 Å². The first-order valence-electron chi connectivity index (χ1n) is 10.4. The zero-order chi connectivity index (χ0) is 25.7. The topological polar surface area (TPSA) is 252 Å². The summed E-state index contributed by atoms with van der Waals surface area (Å²) in [5, 5.41) is 25.2. The molecule has 0 aliphatic rings. The molecule has 188 valence electrons. The Morgan fingerprint density at radius 1 is 0.879 bits per heavy atom. The van der Waals surface area contributed by atoms with Crippen molar-refractivity contribution < 1.29 is 34.2 Å². The molecule has 0 rings (SSSR count). The lowest BCUT2D eigenvalue weighted by Gasteiger charge is -2.23. The molecule has 0 aromatic carbocycles. The molecule has 0 bridgehead atoms. The molecule has 0 aliphatic heterocycles. The van der Waals surface area contributed by atoms with Gasteiger partial charge in [0.15, 0.2) is 5.96 Å². The Morgan fingerprint density at radius 3 is 1.94 bits per heavy atom. The molecular weight excluding hydrogens is 438 g/mol. The molecule has 0 saturated heterocycles. The average Bonchev–Trinajstić information content (AvgIpc) is 2.67. The number of guanidine groups is 1. The zero-order valence-corrected chi connectivity index (χ0v) is 19.0. The number of aliphatic carboxylic acids is 2. The number of nitrogens with two attached hydrogens (primary N) is 3. The quantitative estimate of drug-likeness (QED) is 0.0701. The van der Waals surface area contributed by atoms with Crippen LogP contribution in [-0.4, -0.2) is 76.5 Å². The van der Waals surface area contributed by atoms with E-state index >= 15 is 0 Å². The molecule has 0 spiro atoms. The van der Waals surface area contributed by atoms with Crippen LogP contribution in [0.25, 0.3) is 0 Å². The number of rotatable bonds is 15.